The maximum Gasteiger partial charge on any atom is 0.337 e. The van der Waals surface area contributed by atoms with Gasteiger partial charge >= 0.3 is 5.97 Å². The van der Waals surface area contributed by atoms with E-state index in [1.807, 2.05) is 32.0 Å². The van der Waals surface area contributed by atoms with Crippen LogP contribution in [-0.4, -0.2) is 28.9 Å². The predicted octanol–water partition coefficient (Wildman–Crippen LogP) is 4.40. The minimum atomic E-state index is -0.865. The first-order chi connectivity index (χ1) is 12.3. The summed E-state index contributed by atoms with van der Waals surface area (Å²) >= 11 is 0. The van der Waals surface area contributed by atoms with E-state index in [4.69, 9.17) is 9.47 Å². The molecular formula is C21H27NO4. The molecule has 2 heterocycles. The number of benzene rings is 1. The Balaban J connectivity index is 2.17. The van der Waals surface area contributed by atoms with Gasteiger partial charge in [0.25, 0.3) is 0 Å². The van der Waals surface area contributed by atoms with Gasteiger partial charge in [-0.1, -0.05) is 13.8 Å². The fourth-order valence-corrected chi connectivity index (χ4v) is 3.64. The van der Waals surface area contributed by atoms with Gasteiger partial charge in [0.05, 0.1) is 18.8 Å². The van der Waals surface area contributed by atoms with Crippen LogP contribution in [-0.2, 0) is 19.4 Å². The number of aryl methyl sites for hydroxylation is 1. The third-order valence-corrected chi connectivity index (χ3v) is 4.67. The number of rotatable bonds is 6. The van der Waals surface area contributed by atoms with Crippen LogP contribution in [0.1, 0.15) is 49.3 Å². The molecule has 0 atom stereocenters. The molecule has 5 heteroatoms. The van der Waals surface area contributed by atoms with Crippen molar-refractivity contribution in [3.05, 3.63) is 35.0 Å². The number of carbonyl (C=O) groups is 1. The van der Waals surface area contributed by atoms with Crippen molar-refractivity contribution in [2.24, 2.45) is 5.92 Å². The van der Waals surface area contributed by atoms with Crippen LogP contribution < -0.4 is 9.47 Å². The highest BCUT2D eigenvalue weighted by Gasteiger charge is 2.27. The maximum absolute atomic E-state index is 11.8. The average molecular weight is 357 g/mol. The lowest BCUT2D eigenvalue weighted by molar-refractivity contribution is 0.0695. The Morgan fingerprint density at radius 3 is 2.50 bits per heavy atom. The summed E-state index contributed by atoms with van der Waals surface area (Å²) in [4.78, 5) is 11.8. The minimum Gasteiger partial charge on any atom is -0.493 e. The van der Waals surface area contributed by atoms with E-state index < -0.39 is 5.97 Å². The topological polar surface area (TPSA) is 60.7 Å². The van der Waals surface area contributed by atoms with Gasteiger partial charge in [0.1, 0.15) is 0 Å². The fourth-order valence-electron chi connectivity index (χ4n) is 3.64. The van der Waals surface area contributed by atoms with Crippen LogP contribution in [0.5, 0.6) is 11.5 Å². The lowest BCUT2D eigenvalue weighted by Crippen LogP contribution is -2.16. The quantitative estimate of drug-likeness (QED) is 0.832. The van der Waals surface area contributed by atoms with E-state index >= 15 is 0 Å². The fraction of sp³-hybridized carbons (Fsp3) is 0.476. The monoisotopic (exact) mass is 357 g/mol. The number of hydrogen-bond acceptors (Lipinski definition) is 3. The van der Waals surface area contributed by atoms with Gasteiger partial charge < -0.3 is 19.1 Å². The van der Waals surface area contributed by atoms with Crippen molar-refractivity contribution in [1.82, 2.24) is 4.57 Å². The SMILES string of the molecule is COc1cc2c(cc1OC(C)C)-c1cc(C(=O)O)c(CC(C)C)n1CC2. The number of aromatic carboxylic acids is 1. The molecule has 0 radical (unpaired) electrons. The van der Waals surface area contributed by atoms with Crippen LogP contribution in [0, 0.1) is 5.92 Å². The van der Waals surface area contributed by atoms with Gasteiger partial charge in [0.2, 0.25) is 0 Å². The lowest BCUT2D eigenvalue weighted by Gasteiger charge is -2.24. The summed E-state index contributed by atoms with van der Waals surface area (Å²) in [6, 6.07) is 5.82. The smallest absolute Gasteiger partial charge is 0.337 e. The van der Waals surface area contributed by atoms with Crippen LogP contribution >= 0.6 is 0 Å². The summed E-state index contributed by atoms with van der Waals surface area (Å²) in [5.41, 5.74) is 4.47. The molecule has 3 rings (SSSR count). The molecule has 0 aliphatic carbocycles. The van der Waals surface area contributed by atoms with Gasteiger partial charge in [-0.2, -0.15) is 0 Å². The molecule has 1 N–H and O–H groups in total. The molecule has 0 fully saturated rings. The number of carboxylic acid groups (broad SMARTS) is 1. The summed E-state index contributed by atoms with van der Waals surface area (Å²) in [6.45, 7) is 8.96. The van der Waals surface area contributed by atoms with Crippen LogP contribution in [0.25, 0.3) is 11.3 Å². The molecule has 5 nitrogen and oxygen atoms in total. The van der Waals surface area contributed by atoms with Crippen molar-refractivity contribution in [1.29, 1.82) is 0 Å². The van der Waals surface area contributed by atoms with E-state index in [0.717, 1.165) is 47.7 Å². The molecule has 0 saturated heterocycles. The number of ether oxygens (including phenoxy) is 2. The van der Waals surface area contributed by atoms with Gasteiger partial charge in [-0.15, -0.1) is 0 Å². The second-order valence-corrected chi connectivity index (χ2v) is 7.52. The highest BCUT2D eigenvalue weighted by atomic mass is 16.5. The molecule has 2 aromatic rings. The zero-order valence-electron chi connectivity index (χ0n) is 16.1. The lowest BCUT2D eigenvalue weighted by atomic mass is 9.97. The number of fused-ring (bicyclic) bond motifs is 3. The largest absolute Gasteiger partial charge is 0.493 e. The van der Waals surface area contributed by atoms with Gasteiger partial charge in [-0.05, 0) is 56.4 Å². The van der Waals surface area contributed by atoms with Crippen LogP contribution in [0.2, 0.25) is 0 Å². The minimum absolute atomic E-state index is 0.0309. The molecule has 26 heavy (non-hydrogen) atoms. The zero-order chi connectivity index (χ0) is 19.0. The van der Waals surface area contributed by atoms with Crippen molar-refractivity contribution < 1.29 is 19.4 Å². The number of hydrogen-bond donors (Lipinski definition) is 1. The third-order valence-electron chi connectivity index (χ3n) is 4.67. The van der Waals surface area contributed by atoms with Crippen molar-refractivity contribution in [2.45, 2.75) is 53.2 Å². The molecule has 0 unspecified atom stereocenters. The summed E-state index contributed by atoms with van der Waals surface area (Å²) in [5.74, 6) is 0.942. The van der Waals surface area contributed by atoms with E-state index in [0.29, 0.717) is 17.2 Å². The van der Waals surface area contributed by atoms with E-state index in [1.165, 1.54) is 0 Å². The Morgan fingerprint density at radius 1 is 1.19 bits per heavy atom. The Hall–Kier alpha value is -2.43. The molecule has 1 aromatic carbocycles. The summed E-state index contributed by atoms with van der Waals surface area (Å²) < 4.78 is 13.6. The zero-order valence-corrected chi connectivity index (χ0v) is 16.1. The highest BCUT2D eigenvalue weighted by molar-refractivity contribution is 5.92. The molecular weight excluding hydrogens is 330 g/mol. The molecule has 1 aliphatic heterocycles. The highest BCUT2D eigenvalue weighted by Crippen LogP contribution is 2.41. The second-order valence-electron chi connectivity index (χ2n) is 7.52. The van der Waals surface area contributed by atoms with Crippen LogP contribution in [0.4, 0.5) is 0 Å². The normalized spacial score (nSPS) is 12.9. The molecule has 0 spiro atoms. The van der Waals surface area contributed by atoms with Crippen molar-refractivity contribution in [3.8, 4) is 22.8 Å². The molecule has 0 amide bonds. The molecule has 1 aliphatic rings. The summed E-state index contributed by atoms with van der Waals surface area (Å²) in [5, 5.41) is 9.67. The first-order valence-electron chi connectivity index (χ1n) is 9.15. The standard InChI is InChI=1S/C21H27NO4/c1-12(2)8-17-16(21(23)24)10-18-15-11-20(26-13(3)4)19(25-5)9-14(15)6-7-22(17)18/h9-13H,6-8H2,1-5H3,(H,23,24). The van der Waals surface area contributed by atoms with Gasteiger partial charge in [-0.3, -0.25) is 0 Å². The van der Waals surface area contributed by atoms with Crippen molar-refractivity contribution >= 4 is 5.97 Å². The Labute approximate surface area is 154 Å². The van der Waals surface area contributed by atoms with E-state index in [9.17, 15) is 9.90 Å². The Bertz CT molecular complexity index is 833. The van der Waals surface area contributed by atoms with Crippen LogP contribution in [0.15, 0.2) is 18.2 Å². The van der Waals surface area contributed by atoms with E-state index in [2.05, 4.69) is 18.4 Å². The Morgan fingerprint density at radius 2 is 1.92 bits per heavy atom. The maximum atomic E-state index is 11.8. The van der Waals surface area contributed by atoms with E-state index in [-0.39, 0.29) is 6.10 Å². The Kier molecular flexibility index (Phi) is 4.99. The molecule has 0 bridgehead atoms. The molecule has 140 valence electrons. The summed E-state index contributed by atoms with van der Waals surface area (Å²) in [6.07, 6.45) is 1.63. The molecule has 1 aromatic heterocycles. The van der Waals surface area contributed by atoms with Crippen LogP contribution in [0.3, 0.4) is 0 Å². The number of carboxylic acids is 1. The van der Waals surface area contributed by atoms with Crippen molar-refractivity contribution in [3.63, 3.8) is 0 Å². The van der Waals surface area contributed by atoms with Crippen molar-refractivity contribution in [2.75, 3.05) is 7.11 Å². The number of methoxy groups -OCH3 is 1. The van der Waals surface area contributed by atoms with Gasteiger partial charge in [0.15, 0.2) is 11.5 Å². The average Bonchev–Trinajstić information content (AvgIpc) is 2.92. The third kappa shape index (κ3) is 3.30. The first-order valence-corrected chi connectivity index (χ1v) is 9.15. The predicted molar refractivity (Wildman–Crippen MR) is 101 cm³/mol. The van der Waals surface area contributed by atoms with Gasteiger partial charge in [-0.25, -0.2) is 4.79 Å². The first kappa shape index (κ1) is 18.4. The van der Waals surface area contributed by atoms with E-state index in [1.54, 1.807) is 7.11 Å². The number of aromatic nitrogens is 1. The molecule has 0 saturated carbocycles. The second kappa shape index (κ2) is 7.06. The van der Waals surface area contributed by atoms with Gasteiger partial charge in [0, 0.05) is 23.5 Å². The number of nitrogens with zero attached hydrogens (tertiary/aromatic N) is 1. The summed E-state index contributed by atoms with van der Waals surface area (Å²) in [7, 11) is 1.64.